The van der Waals surface area contributed by atoms with E-state index in [9.17, 15) is 4.39 Å². The lowest BCUT2D eigenvalue weighted by Gasteiger charge is -2.23. The number of ether oxygens (including phenoxy) is 1. The smallest absolute Gasteiger partial charge is 0.148 e. The normalized spacial score (nSPS) is 20.3. The molecule has 0 amide bonds. The Bertz CT molecular complexity index is 391. The Balaban J connectivity index is 2.12. The Morgan fingerprint density at radius 1 is 1.47 bits per heavy atom. The SMILES string of the molecule is COc1ccc(CC2CCCCN2)c(F)c1Cl. The van der Waals surface area contributed by atoms with Gasteiger partial charge in [-0.1, -0.05) is 24.1 Å². The van der Waals surface area contributed by atoms with Crippen LogP contribution in [0.15, 0.2) is 12.1 Å². The van der Waals surface area contributed by atoms with Crippen LogP contribution in [-0.4, -0.2) is 19.7 Å². The van der Waals surface area contributed by atoms with Gasteiger partial charge in [0.1, 0.15) is 16.6 Å². The fourth-order valence-corrected chi connectivity index (χ4v) is 2.51. The van der Waals surface area contributed by atoms with Gasteiger partial charge in [-0.05, 0) is 37.4 Å². The third kappa shape index (κ3) is 2.90. The van der Waals surface area contributed by atoms with Crippen LogP contribution in [-0.2, 0) is 6.42 Å². The maximum atomic E-state index is 14.0. The van der Waals surface area contributed by atoms with Crippen LogP contribution in [0.2, 0.25) is 5.02 Å². The highest BCUT2D eigenvalue weighted by molar-refractivity contribution is 6.32. The topological polar surface area (TPSA) is 21.3 Å². The Morgan fingerprint density at radius 2 is 2.29 bits per heavy atom. The van der Waals surface area contributed by atoms with Gasteiger partial charge in [-0.2, -0.15) is 0 Å². The second-order valence-electron chi connectivity index (χ2n) is 4.41. The molecule has 0 saturated carbocycles. The summed E-state index contributed by atoms with van der Waals surface area (Å²) in [6, 6.07) is 3.85. The summed E-state index contributed by atoms with van der Waals surface area (Å²) >= 11 is 5.90. The molecule has 94 valence electrons. The van der Waals surface area contributed by atoms with Gasteiger partial charge in [0, 0.05) is 6.04 Å². The summed E-state index contributed by atoms with van der Waals surface area (Å²) in [4.78, 5) is 0. The average molecular weight is 258 g/mol. The van der Waals surface area contributed by atoms with E-state index in [-0.39, 0.29) is 10.8 Å². The zero-order valence-corrected chi connectivity index (χ0v) is 10.7. The molecule has 1 atom stereocenters. The molecule has 1 saturated heterocycles. The van der Waals surface area contributed by atoms with Crippen molar-refractivity contribution in [2.75, 3.05) is 13.7 Å². The zero-order valence-electron chi connectivity index (χ0n) is 9.93. The molecule has 2 rings (SSSR count). The van der Waals surface area contributed by atoms with E-state index in [0.29, 0.717) is 23.8 Å². The van der Waals surface area contributed by atoms with Crippen LogP contribution in [0, 0.1) is 5.82 Å². The molecule has 1 fully saturated rings. The van der Waals surface area contributed by atoms with Gasteiger partial charge in [0.05, 0.1) is 7.11 Å². The number of halogens is 2. The quantitative estimate of drug-likeness (QED) is 0.898. The first-order chi connectivity index (χ1) is 8.22. The first kappa shape index (κ1) is 12.7. The molecule has 1 aliphatic rings. The minimum absolute atomic E-state index is 0.0841. The molecule has 2 nitrogen and oxygen atoms in total. The molecule has 1 heterocycles. The summed E-state index contributed by atoms with van der Waals surface area (Å²) in [5.41, 5.74) is 0.662. The minimum atomic E-state index is -0.349. The molecule has 0 aromatic heterocycles. The maximum Gasteiger partial charge on any atom is 0.148 e. The van der Waals surface area contributed by atoms with E-state index in [4.69, 9.17) is 16.3 Å². The van der Waals surface area contributed by atoms with Gasteiger partial charge in [0.25, 0.3) is 0 Å². The lowest BCUT2D eigenvalue weighted by atomic mass is 9.97. The van der Waals surface area contributed by atoms with Gasteiger partial charge < -0.3 is 10.1 Å². The molecular weight excluding hydrogens is 241 g/mol. The van der Waals surface area contributed by atoms with E-state index in [1.54, 1.807) is 12.1 Å². The van der Waals surface area contributed by atoms with Crippen molar-refractivity contribution < 1.29 is 9.13 Å². The molecule has 0 radical (unpaired) electrons. The van der Waals surface area contributed by atoms with Crippen molar-refractivity contribution in [2.45, 2.75) is 31.7 Å². The Labute approximate surface area is 106 Å². The van der Waals surface area contributed by atoms with Gasteiger partial charge >= 0.3 is 0 Å². The third-order valence-electron chi connectivity index (χ3n) is 3.23. The van der Waals surface area contributed by atoms with Crippen molar-refractivity contribution in [3.05, 3.63) is 28.5 Å². The summed E-state index contributed by atoms with van der Waals surface area (Å²) in [6.45, 7) is 1.02. The second kappa shape index (κ2) is 5.69. The van der Waals surface area contributed by atoms with E-state index >= 15 is 0 Å². The second-order valence-corrected chi connectivity index (χ2v) is 4.78. The molecule has 1 N–H and O–H groups in total. The molecule has 0 spiro atoms. The largest absolute Gasteiger partial charge is 0.495 e. The fourth-order valence-electron chi connectivity index (χ4n) is 2.25. The summed E-state index contributed by atoms with van der Waals surface area (Å²) in [5.74, 6) is 0.0444. The maximum absolute atomic E-state index is 14.0. The first-order valence-corrected chi connectivity index (χ1v) is 6.34. The molecule has 0 bridgehead atoms. The van der Waals surface area contributed by atoms with E-state index < -0.39 is 0 Å². The standard InChI is InChI=1S/C13H17ClFNO/c1-17-11-6-5-9(13(15)12(11)14)8-10-4-2-3-7-16-10/h5-6,10,16H,2-4,7-8H2,1H3. The van der Waals surface area contributed by atoms with Crippen LogP contribution in [0.1, 0.15) is 24.8 Å². The van der Waals surface area contributed by atoms with Crippen LogP contribution < -0.4 is 10.1 Å². The van der Waals surface area contributed by atoms with Crippen molar-refractivity contribution in [3.63, 3.8) is 0 Å². The van der Waals surface area contributed by atoms with Gasteiger partial charge in [0.2, 0.25) is 0 Å². The van der Waals surface area contributed by atoms with Crippen molar-refractivity contribution in [3.8, 4) is 5.75 Å². The summed E-state index contributed by atoms with van der Waals surface area (Å²) < 4.78 is 18.9. The number of piperidine rings is 1. The van der Waals surface area contributed by atoms with Crippen LogP contribution in [0.4, 0.5) is 4.39 Å². The van der Waals surface area contributed by atoms with Crippen LogP contribution in [0.3, 0.4) is 0 Å². The predicted molar refractivity (Wildman–Crippen MR) is 67.3 cm³/mol. The highest BCUT2D eigenvalue weighted by Gasteiger charge is 2.18. The van der Waals surface area contributed by atoms with Crippen molar-refractivity contribution >= 4 is 11.6 Å². The van der Waals surface area contributed by atoms with Crippen molar-refractivity contribution in [1.82, 2.24) is 5.32 Å². The summed E-state index contributed by atoms with van der Waals surface area (Å²) in [6.07, 6.45) is 4.21. The fraction of sp³-hybridized carbons (Fsp3) is 0.538. The Morgan fingerprint density at radius 3 is 2.94 bits per heavy atom. The zero-order chi connectivity index (χ0) is 12.3. The van der Waals surface area contributed by atoms with Crippen molar-refractivity contribution in [2.24, 2.45) is 0 Å². The lowest BCUT2D eigenvalue weighted by molar-refractivity contribution is 0.392. The lowest BCUT2D eigenvalue weighted by Crippen LogP contribution is -2.35. The number of benzene rings is 1. The minimum Gasteiger partial charge on any atom is -0.495 e. The third-order valence-corrected chi connectivity index (χ3v) is 3.58. The highest BCUT2D eigenvalue weighted by atomic mass is 35.5. The van der Waals surface area contributed by atoms with E-state index in [1.807, 2.05) is 0 Å². The molecule has 17 heavy (non-hydrogen) atoms. The number of hydrogen-bond acceptors (Lipinski definition) is 2. The van der Waals surface area contributed by atoms with Gasteiger partial charge in [-0.15, -0.1) is 0 Å². The van der Waals surface area contributed by atoms with Crippen LogP contribution in [0.25, 0.3) is 0 Å². The van der Waals surface area contributed by atoms with Crippen LogP contribution in [0.5, 0.6) is 5.75 Å². The van der Waals surface area contributed by atoms with E-state index in [0.717, 1.165) is 13.0 Å². The Kier molecular flexibility index (Phi) is 4.24. The molecule has 4 heteroatoms. The highest BCUT2D eigenvalue weighted by Crippen LogP contribution is 2.30. The number of nitrogens with one attached hydrogen (secondary N) is 1. The number of hydrogen-bond donors (Lipinski definition) is 1. The number of rotatable bonds is 3. The van der Waals surface area contributed by atoms with E-state index in [2.05, 4.69) is 5.32 Å². The van der Waals surface area contributed by atoms with E-state index in [1.165, 1.54) is 20.0 Å². The molecule has 1 aromatic rings. The molecule has 1 unspecified atom stereocenters. The monoisotopic (exact) mass is 257 g/mol. The van der Waals surface area contributed by atoms with Gasteiger partial charge in [-0.25, -0.2) is 4.39 Å². The summed E-state index contributed by atoms with van der Waals surface area (Å²) in [7, 11) is 1.49. The number of methoxy groups -OCH3 is 1. The summed E-state index contributed by atoms with van der Waals surface area (Å²) in [5, 5.41) is 3.49. The van der Waals surface area contributed by atoms with Crippen LogP contribution >= 0.6 is 11.6 Å². The molecule has 1 aliphatic heterocycles. The first-order valence-electron chi connectivity index (χ1n) is 5.96. The van der Waals surface area contributed by atoms with Gasteiger partial charge in [0.15, 0.2) is 0 Å². The molecular formula is C13H17ClFNO. The van der Waals surface area contributed by atoms with Gasteiger partial charge in [-0.3, -0.25) is 0 Å². The predicted octanol–water partition coefficient (Wildman–Crippen LogP) is 3.17. The Hall–Kier alpha value is -0.800. The average Bonchev–Trinajstić information content (AvgIpc) is 2.37. The molecule has 0 aliphatic carbocycles. The van der Waals surface area contributed by atoms with Crippen molar-refractivity contribution in [1.29, 1.82) is 0 Å². The molecule has 1 aromatic carbocycles.